The van der Waals surface area contributed by atoms with E-state index in [9.17, 15) is 0 Å². The van der Waals surface area contributed by atoms with Crippen molar-refractivity contribution in [1.29, 1.82) is 0 Å². The first-order valence-electron chi connectivity index (χ1n) is 17.1. The molecule has 1 saturated carbocycles. The van der Waals surface area contributed by atoms with Gasteiger partial charge in [0.2, 0.25) is 0 Å². The molecule has 0 atom stereocenters. The molecule has 1 aliphatic carbocycles. The first-order valence-corrected chi connectivity index (χ1v) is 17.1. The second-order valence-corrected chi connectivity index (χ2v) is 12.8. The van der Waals surface area contributed by atoms with E-state index in [-0.39, 0.29) is 0 Å². The second-order valence-electron chi connectivity index (χ2n) is 12.8. The van der Waals surface area contributed by atoms with E-state index >= 15 is 0 Å². The fraction of sp³-hybridized carbons (Fsp3) is 0.730. The van der Waals surface area contributed by atoms with Crippen molar-refractivity contribution < 1.29 is 0 Å². The zero-order valence-corrected chi connectivity index (χ0v) is 26.0. The van der Waals surface area contributed by atoms with Gasteiger partial charge in [-0.3, -0.25) is 0 Å². The Morgan fingerprint density at radius 3 is 1.74 bits per heavy atom. The number of rotatable bonds is 20. The summed E-state index contributed by atoms with van der Waals surface area (Å²) in [6, 6.07) is 6.89. The monoisotopic (exact) mass is 532 g/mol. The summed E-state index contributed by atoms with van der Waals surface area (Å²) in [5.41, 5.74) is 5.35. The summed E-state index contributed by atoms with van der Waals surface area (Å²) in [4.78, 5) is 9.44. The average molecular weight is 533 g/mol. The second kappa shape index (κ2) is 19.4. The molecule has 0 radical (unpaired) electrons. The molecule has 2 heteroatoms. The lowest BCUT2D eigenvalue weighted by Gasteiger charge is -2.28. The quantitative estimate of drug-likeness (QED) is 0.158. The molecular formula is C37H60N2. The summed E-state index contributed by atoms with van der Waals surface area (Å²) in [6.07, 6.45) is 34.7. The summed E-state index contributed by atoms with van der Waals surface area (Å²) in [6.45, 7) is 6.86. The van der Waals surface area contributed by atoms with Crippen LogP contribution in [-0.4, -0.2) is 9.97 Å². The lowest BCUT2D eigenvalue weighted by molar-refractivity contribution is 0.248. The van der Waals surface area contributed by atoms with Crippen LogP contribution in [0.5, 0.6) is 0 Å². The van der Waals surface area contributed by atoms with Crippen molar-refractivity contribution in [3.8, 4) is 11.4 Å². The third-order valence-corrected chi connectivity index (χ3v) is 9.38. The summed E-state index contributed by atoms with van der Waals surface area (Å²) in [5.74, 6) is 2.81. The molecule has 0 unspecified atom stereocenters. The Bertz CT molecular complexity index is 879. The molecule has 0 N–H and O–H groups in total. The van der Waals surface area contributed by atoms with Crippen molar-refractivity contribution in [2.45, 2.75) is 162 Å². The molecule has 0 spiro atoms. The van der Waals surface area contributed by atoms with Crippen LogP contribution in [0.15, 0.2) is 30.6 Å². The van der Waals surface area contributed by atoms with Gasteiger partial charge in [-0.15, -0.1) is 0 Å². The molecule has 1 aliphatic rings. The van der Waals surface area contributed by atoms with Gasteiger partial charge < -0.3 is 0 Å². The number of benzene rings is 1. The highest BCUT2D eigenvalue weighted by atomic mass is 14.9. The molecular weight excluding hydrogens is 472 g/mol. The topological polar surface area (TPSA) is 25.8 Å². The molecule has 1 aromatic heterocycles. The summed E-state index contributed by atoms with van der Waals surface area (Å²) < 4.78 is 0. The Hall–Kier alpha value is -1.70. The van der Waals surface area contributed by atoms with Crippen LogP contribution in [0.2, 0.25) is 0 Å². The molecule has 0 amide bonds. The maximum atomic E-state index is 4.72. The molecule has 1 heterocycles. The highest BCUT2D eigenvalue weighted by Gasteiger charge is 2.21. The average Bonchev–Trinajstić information content (AvgIpc) is 2.96. The SMILES string of the molecule is CCCCCCCCCc1cnc(-c2ccc(CC[C@H]3CC[C@H](CCCCCCCCC)CC3)c(C)c2)nc1. The molecule has 3 rings (SSSR count). The number of unbranched alkanes of at least 4 members (excludes halogenated alkanes) is 12. The minimum Gasteiger partial charge on any atom is -0.236 e. The first-order chi connectivity index (χ1) is 19.2. The van der Waals surface area contributed by atoms with E-state index in [4.69, 9.17) is 9.97 Å². The van der Waals surface area contributed by atoms with Crippen molar-refractivity contribution in [2.75, 3.05) is 0 Å². The molecule has 1 fully saturated rings. The van der Waals surface area contributed by atoms with Gasteiger partial charge in [-0.25, -0.2) is 9.97 Å². The van der Waals surface area contributed by atoms with Crippen LogP contribution in [0.4, 0.5) is 0 Å². The van der Waals surface area contributed by atoms with Crippen LogP contribution in [0, 0.1) is 18.8 Å². The van der Waals surface area contributed by atoms with Crippen molar-refractivity contribution in [2.24, 2.45) is 11.8 Å². The molecule has 2 aromatic rings. The van der Waals surface area contributed by atoms with Gasteiger partial charge in [-0.1, -0.05) is 142 Å². The molecule has 1 aromatic carbocycles. The summed E-state index contributed by atoms with van der Waals surface area (Å²) in [5, 5.41) is 0. The smallest absolute Gasteiger partial charge is 0.159 e. The number of hydrogen-bond donors (Lipinski definition) is 0. The third-order valence-electron chi connectivity index (χ3n) is 9.38. The fourth-order valence-electron chi connectivity index (χ4n) is 6.59. The first kappa shape index (κ1) is 31.8. The van der Waals surface area contributed by atoms with Crippen LogP contribution in [0.3, 0.4) is 0 Å². The van der Waals surface area contributed by atoms with Crippen molar-refractivity contribution >= 4 is 0 Å². The number of hydrogen-bond acceptors (Lipinski definition) is 2. The normalized spacial score (nSPS) is 17.5. The van der Waals surface area contributed by atoms with Gasteiger partial charge in [0, 0.05) is 18.0 Å². The van der Waals surface area contributed by atoms with Crippen LogP contribution in [0.1, 0.15) is 159 Å². The van der Waals surface area contributed by atoms with E-state index in [1.165, 1.54) is 152 Å². The largest absolute Gasteiger partial charge is 0.236 e. The van der Waals surface area contributed by atoms with Gasteiger partial charge in [-0.2, -0.15) is 0 Å². The molecule has 218 valence electrons. The molecule has 0 bridgehead atoms. The van der Waals surface area contributed by atoms with Gasteiger partial charge in [0.15, 0.2) is 5.82 Å². The maximum absolute atomic E-state index is 4.72. The van der Waals surface area contributed by atoms with E-state index in [1.54, 1.807) is 0 Å². The van der Waals surface area contributed by atoms with Crippen molar-refractivity contribution in [3.63, 3.8) is 0 Å². The standard InChI is InChI=1S/C37H60N2/c1-4-6-8-10-12-14-16-18-32-20-22-33(23-21-32)24-25-35-26-27-36(28-31(35)3)37-38-29-34(30-39-37)19-17-15-13-11-9-7-5-2/h26-30,32-33H,4-25H2,1-3H3/t32-,33-. The Labute approximate surface area is 242 Å². The maximum Gasteiger partial charge on any atom is 0.159 e. The van der Waals surface area contributed by atoms with Gasteiger partial charge in [-0.05, 0) is 67.2 Å². The van der Waals surface area contributed by atoms with Gasteiger partial charge >= 0.3 is 0 Å². The van der Waals surface area contributed by atoms with Crippen molar-refractivity contribution in [1.82, 2.24) is 9.97 Å². The van der Waals surface area contributed by atoms with E-state index in [0.717, 1.165) is 29.6 Å². The zero-order chi connectivity index (χ0) is 27.5. The van der Waals surface area contributed by atoms with Gasteiger partial charge in [0.05, 0.1) is 0 Å². The summed E-state index contributed by atoms with van der Waals surface area (Å²) >= 11 is 0. The molecule has 39 heavy (non-hydrogen) atoms. The molecule has 0 aliphatic heterocycles. The molecule has 0 saturated heterocycles. The van der Waals surface area contributed by atoms with Crippen LogP contribution in [-0.2, 0) is 12.8 Å². The number of nitrogens with zero attached hydrogens (tertiary/aromatic N) is 2. The van der Waals surface area contributed by atoms with Crippen LogP contribution in [0.25, 0.3) is 11.4 Å². The summed E-state index contributed by atoms with van der Waals surface area (Å²) in [7, 11) is 0. The third kappa shape index (κ3) is 12.6. The highest BCUT2D eigenvalue weighted by molar-refractivity contribution is 5.57. The Kier molecular flexibility index (Phi) is 15.8. The zero-order valence-electron chi connectivity index (χ0n) is 26.0. The minimum absolute atomic E-state index is 0.868. The van der Waals surface area contributed by atoms with E-state index in [2.05, 4.69) is 39.0 Å². The fourth-order valence-corrected chi connectivity index (χ4v) is 6.59. The Balaban J connectivity index is 1.32. The van der Waals surface area contributed by atoms with Crippen LogP contribution >= 0.6 is 0 Å². The Morgan fingerprint density at radius 1 is 0.615 bits per heavy atom. The lowest BCUT2D eigenvalue weighted by atomic mass is 9.77. The Morgan fingerprint density at radius 2 is 1.15 bits per heavy atom. The molecule has 2 nitrogen and oxygen atoms in total. The van der Waals surface area contributed by atoms with Gasteiger partial charge in [0.25, 0.3) is 0 Å². The predicted molar refractivity (Wildman–Crippen MR) is 170 cm³/mol. The minimum atomic E-state index is 0.868. The van der Waals surface area contributed by atoms with Crippen LogP contribution < -0.4 is 0 Å². The predicted octanol–water partition coefficient (Wildman–Crippen LogP) is 11.6. The lowest BCUT2D eigenvalue weighted by Crippen LogP contribution is -2.15. The number of aryl methyl sites for hydroxylation is 3. The van der Waals surface area contributed by atoms with E-state index in [0.29, 0.717) is 0 Å². The highest BCUT2D eigenvalue weighted by Crippen LogP contribution is 2.35. The number of aromatic nitrogens is 2. The van der Waals surface area contributed by atoms with E-state index in [1.807, 2.05) is 12.4 Å². The van der Waals surface area contributed by atoms with Crippen molar-refractivity contribution in [3.05, 3.63) is 47.3 Å². The van der Waals surface area contributed by atoms with E-state index < -0.39 is 0 Å². The van der Waals surface area contributed by atoms with Gasteiger partial charge in [0.1, 0.15) is 0 Å².